The van der Waals surface area contributed by atoms with Crippen molar-refractivity contribution >= 4 is 0 Å². The number of piperidine rings is 1. The number of hydrogen-bond acceptors (Lipinski definition) is 3. The Bertz CT molecular complexity index is 235. The molecule has 1 fully saturated rings. The van der Waals surface area contributed by atoms with Crippen LogP contribution in [0.4, 0.5) is 0 Å². The molecule has 0 bridgehead atoms. The van der Waals surface area contributed by atoms with E-state index in [0.717, 1.165) is 25.3 Å². The number of aliphatic hydroxyl groups is 1. The van der Waals surface area contributed by atoms with Gasteiger partial charge in [-0.25, -0.2) is 0 Å². The predicted octanol–water partition coefficient (Wildman–Crippen LogP) is 2.50. The Hall–Kier alpha value is -0.120. The van der Waals surface area contributed by atoms with E-state index in [4.69, 9.17) is 5.11 Å². The summed E-state index contributed by atoms with van der Waals surface area (Å²) in [6.45, 7) is 14.3. The van der Waals surface area contributed by atoms with Gasteiger partial charge in [0, 0.05) is 19.2 Å². The Labute approximate surface area is 119 Å². The summed E-state index contributed by atoms with van der Waals surface area (Å²) < 4.78 is 0. The number of nitrogens with one attached hydrogen (secondary N) is 1. The molecule has 1 atom stereocenters. The molecule has 114 valence electrons. The van der Waals surface area contributed by atoms with Gasteiger partial charge in [-0.2, -0.15) is 0 Å². The van der Waals surface area contributed by atoms with Crippen LogP contribution in [-0.2, 0) is 0 Å². The van der Waals surface area contributed by atoms with Crippen LogP contribution in [0.5, 0.6) is 0 Å². The van der Waals surface area contributed by atoms with Gasteiger partial charge in [0.15, 0.2) is 0 Å². The third-order valence-corrected chi connectivity index (χ3v) is 4.70. The predicted molar refractivity (Wildman–Crippen MR) is 82.4 cm³/mol. The average molecular weight is 270 g/mol. The van der Waals surface area contributed by atoms with Gasteiger partial charge < -0.3 is 15.3 Å². The zero-order chi connectivity index (χ0) is 14.3. The van der Waals surface area contributed by atoms with Crippen LogP contribution in [0.2, 0.25) is 0 Å². The molecule has 1 unspecified atom stereocenters. The third-order valence-electron chi connectivity index (χ3n) is 4.70. The van der Waals surface area contributed by atoms with Crippen LogP contribution < -0.4 is 5.32 Å². The summed E-state index contributed by atoms with van der Waals surface area (Å²) >= 11 is 0. The van der Waals surface area contributed by atoms with E-state index >= 15 is 0 Å². The lowest BCUT2D eigenvalue weighted by atomic mass is 9.86. The van der Waals surface area contributed by atoms with E-state index in [1.165, 1.54) is 32.5 Å². The van der Waals surface area contributed by atoms with Gasteiger partial charge in [-0.15, -0.1) is 0 Å². The van der Waals surface area contributed by atoms with Crippen molar-refractivity contribution in [2.24, 2.45) is 11.3 Å². The normalized spacial score (nSPS) is 20.7. The van der Waals surface area contributed by atoms with E-state index in [0.29, 0.717) is 18.1 Å². The van der Waals surface area contributed by atoms with Gasteiger partial charge in [0.1, 0.15) is 0 Å². The Kier molecular flexibility index (Phi) is 7.33. The van der Waals surface area contributed by atoms with Gasteiger partial charge in [-0.1, -0.05) is 20.8 Å². The number of nitrogens with zero attached hydrogens (tertiary/aromatic N) is 1. The number of aliphatic hydroxyl groups excluding tert-OH is 1. The fourth-order valence-electron chi connectivity index (χ4n) is 3.02. The van der Waals surface area contributed by atoms with Gasteiger partial charge in [-0.3, -0.25) is 0 Å². The Morgan fingerprint density at radius 1 is 1.32 bits per heavy atom. The van der Waals surface area contributed by atoms with Crippen LogP contribution in [0.25, 0.3) is 0 Å². The maximum Gasteiger partial charge on any atom is 0.0431 e. The Morgan fingerprint density at radius 3 is 2.47 bits per heavy atom. The molecular weight excluding hydrogens is 236 g/mol. The van der Waals surface area contributed by atoms with Crippen molar-refractivity contribution in [2.75, 3.05) is 32.8 Å². The van der Waals surface area contributed by atoms with E-state index in [2.05, 4.69) is 37.9 Å². The zero-order valence-electron chi connectivity index (χ0n) is 13.4. The first-order valence-corrected chi connectivity index (χ1v) is 8.05. The Morgan fingerprint density at radius 2 is 1.95 bits per heavy atom. The second-order valence-electron chi connectivity index (χ2n) is 6.93. The average Bonchev–Trinajstić information content (AvgIpc) is 2.43. The van der Waals surface area contributed by atoms with Crippen molar-refractivity contribution in [2.45, 2.75) is 59.4 Å². The lowest BCUT2D eigenvalue weighted by Crippen LogP contribution is -2.44. The first-order chi connectivity index (χ1) is 8.98. The molecule has 0 aromatic rings. The van der Waals surface area contributed by atoms with E-state index in [9.17, 15) is 0 Å². The largest absolute Gasteiger partial charge is 0.396 e. The monoisotopic (exact) mass is 270 g/mol. The fourth-order valence-corrected chi connectivity index (χ4v) is 3.02. The van der Waals surface area contributed by atoms with Gasteiger partial charge in [0.25, 0.3) is 0 Å². The van der Waals surface area contributed by atoms with Crippen molar-refractivity contribution in [3.8, 4) is 0 Å². The molecule has 0 aromatic carbocycles. The van der Waals surface area contributed by atoms with Crippen molar-refractivity contribution in [3.05, 3.63) is 0 Å². The second-order valence-corrected chi connectivity index (χ2v) is 6.93. The lowest BCUT2D eigenvalue weighted by molar-refractivity contribution is 0.160. The summed E-state index contributed by atoms with van der Waals surface area (Å²) in [4.78, 5) is 2.55. The van der Waals surface area contributed by atoms with Crippen molar-refractivity contribution in [3.63, 3.8) is 0 Å². The maximum atomic E-state index is 8.93. The highest BCUT2D eigenvalue weighted by atomic mass is 16.2. The molecule has 0 radical (unpaired) electrons. The minimum atomic E-state index is 0.293. The molecule has 1 saturated heterocycles. The minimum Gasteiger partial charge on any atom is -0.396 e. The molecule has 0 aliphatic carbocycles. The summed E-state index contributed by atoms with van der Waals surface area (Å²) in [5, 5.41) is 12.7. The standard InChI is InChI=1S/C16H34N2O/c1-5-18-10-7-15(8-11-18)14(2)17-13-16(3,4)9-6-12-19/h14-15,17,19H,5-13H2,1-4H3. The van der Waals surface area contributed by atoms with Gasteiger partial charge in [-0.05, 0) is 63.6 Å². The Balaban J connectivity index is 2.25. The molecule has 19 heavy (non-hydrogen) atoms. The van der Waals surface area contributed by atoms with Crippen LogP contribution in [0, 0.1) is 11.3 Å². The van der Waals surface area contributed by atoms with Crippen LogP contribution in [0.15, 0.2) is 0 Å². The molecule has 0 saturated carbocycles. The first-order valence-electron chi connectivity index (χ1n) is 8.05. The summed E-state index contributed by atoms with van der Waals surface area (Å²) in [6, 6.07) is 0.618. The summed E-state index contributed by atoms with van der Waals surface area (Å²) in [5.74, 6) is 0.830. The number of rotatable bonds is 8. The highest BCUT2D eigenvalue weighted by molar-refractivity contribution is 4.81. The van der Waals surface area contributed by atoms with Gasteiger partial charge >= 0.3 is 0 Å². The molecule has 3 heteroatoms. The van der Waals surface area contributed by atoms with Crippen molar-refractivity contribution in [1.82, 2.24) is 10.2 Å². The molecule has 3 nitrogen and oxygen atoms in total. The number of likely N-dealkylation sites (tertiary alicyclic amines) is 1. The molecule has 0 aromatic heterocycles. The summed E-state index contributed by atoms with van der Waals surface area (Å²) in [7, 11) is 0. The quantitative estimate of drug-likeness (QED) is 0.711. The third kappa shape index (κ3) is 6.24. The summed E-state index contributed by atoms with van der Waals surface area (Å²) in [6.07, 6.45) is 4.67. The van der Waals surface area contributed by atoms with Crippen LogP contribution in [0.3, 0.4) is 0 Å². The minimum absolute atomic E-state index is 0.293. The smallest absolute Gasteiger partial charge is 0.0431 e. The molecule has 1 aliphatic rings. The zero-order valence-corrected chi connectivity index (χ0v) is 13.4. The van der Waals surface area contributed by atoms with Crippen LogP contribution in [0.1, 0.15) is 53.4 Å². The van der Waals surface area contributed by atoms with E-state index in [-0.39, 0.29) is 0 Å². The topological polar surface area (TPSA) is 35.5 Å². The highest BCUT2D eigenvalue weighted by Crippen LogP contribution is 2.24. The SMILES string of the molecule is CCN1CCC(C(C)NCC(C)(C)CCCO)CC1. The second kappa shape index (κ2) is 8.23. The maximum absolute atomic E-state index is 8.93. The molecule has 0 spiro atoms. The molecule has 2 N–H and O–H groups in total. The first kappa shape index (κ1) is 16.9. The molecule has 0 amide bonds. The molecule has 1 rings (SSSR count). The van der Waals surface area contributed by atoms with Gasteiger partial charge in [0.05, 0.1) is 0 Å². The van der Waals surface area contributed by atoms with E-state index < -0.39 is 0 Å². The number of hydrogen-bond donors (Lipinski definition) is 2. The molecular formula is C16H34N2O. The molecule has 1 aliphatic heterocycles. The fraction of sp³-hybridized carbons (Fsp3) is 1.00. The van der Waals surface area contributed by atoms with Crippen molar-refractivity contribution < 1.29 is 5.11 Å². The van der Waals surface area contributed by atoms with Crippen LogP contribution >= 0.6 is 0 Å². The summed E-state index contributed by atoms with van der Waals surface area (Å²) in [5.41, 5.74) is 0.293. The highest BCUT2D eigenvalue weighted by Gasteiger charge is 2.25. The van der Waals surface area contributed by atoms with Gasteiger partial charge in [0.2, 0.25) is 0 Å². The van der Waals surface area contributed by atoms with E-state index in [1.807, 2.05) is 0 Å². The lowest BCUT2D eigenvalue weighted by Gasteiger charge is -2.36. The van der Waals surface area contributed by atoms with Crippen LogP contribution in [-0.4, -0.2) is 48.8 Å². The van der Waals surface area contributed by atoms with Crippen molar-refractivity contribution in [1.29, 1.82) is 0 Å². The molecule has 1 heterocycles. The van der Waals surface area contributed by atoms with E-state index in [1.54, 1.807) is 0 Å².